The van der Waals surface area contributed by atoms with E-state index in [1.54, 1.807) is 27.7 Å². The molecule has 5 rings (SSSR count). The highest BCUT2D eigenvalue weighted by Gasteiger charge is 2.40. The third-order valence-electron chi connectivity index (χ3n) is 6.35. The summed E-state index contributed by atoms with van der Waals surface area (Å²) in [4.78, 5) is 45.5. The fourth-order valence-corrected chi connectivity index (χ4v) is 4.39. The lowest BCUT2D eigenvalue weighted by molar-refractivity contribution is -0.116. The van der Waals surface area contributed by atoms with E-state index in [0.29, 0.717) is 27.7 Å². The molecule has 0 spiro atoms. The molecule has 10 heteroatoms. The Labute approximate surface area is 195 Å². The number of fused-ring (bicyclic) bond motifs is 2. The Morgan fingerprint density at radius 3 is 2.61 bits per heavy atom. The Morgan fingerprint density at radius 1 is 1.24 bits per heavy atom. The molecule has 0 atom stereocenters. The first kappa shape index (κ1) is 21.6. The maximum atomic E-state index is 13.4. The van der Waals surface area contributed by atoms with Gasteiger partial charge in [-0.2, -0.15) is 9.61 Å². The summed E-state index contributed by atoms with van der Waals surface area (Å²) >= 11 is 5.87. The number of nitrogens with zero attached hydrogens (tertiary/aromatic N) is 5. The quantitative estimate of drug-likeness (QED) is 0.634. The van der Waals surface area contributed by atoms with Crippen molar-refractivity contribution in [3.05, 3.63) is 56.7 Å². The maximum Gasteiger partial charge on any atom is 0.280 e. The molecule has 2 aliphatic rings. The number of nitrogens with one attached hydrogen (secondary N) is 1. The lowest BCUT2D eigenvalue weighted by Crippen LogP contribution is -2.40. The highest BCUT2D eigenvalue weighted by molar-refractivity contribution is 6.30. The van der Waals surface area contributed by atoms with Crippen LogP contribution in [0.1, 0.15) is 61.8 Å². The monoisotopic (exact) mass is 468 g/mol. The zero-order chi connectivity index (χ0) is 23.5. The first-order chi connectivity index (χ1) is 15.6. The van der Waals surface area contributed by atoms with E-state index >= 15 is 0 Å². The van der Waals surface area contributed by atoms with Gasteiger partial charge in [-0.05, 0) is 31.4 Å². The number of hydrogen-bond acceptors (Lipinski definition) is 5. The summed E-state index contributed by atoms with van der Waals surface area (Å²) in [5.74, 6) is -0.222. The molecule has 0 unspecified atom stereocenters. The largest absolute Gasteiger partial charge is 0.330 e. The average Bonchev–Trinajstić information content (AvgIpc) is 3.29. The van der Waals surface area contributed by atoms with Crippen molar-refractivity contribution in [3.63, 3.8) is 0 Å². The van der Waals surface area contributed by atoms with Crippen molar-refractivity contribution in [2.24, 2.45) is 0 Å². The van der Waals surface area contributed by atoms with E-state index in [0.717, 1.165) is 19.3 Å². The summed E-state index contributed by atoms with van der Waals surface area (Å²) < 4.78 is 2.94. The van der Waals surface area contributed by atoms with Crippen molar-refractivity contribution in [1.29, 1.82) is 0 Å². The molecule has 1 fully saturated rings. The minimum atomic E-state index is -0.369. The number of amides is 2. The summed E-state index contributed by atoms with van der Waals surface area (Å²) in [6.45, 7) is 6.09. The second kappa shape index (κ2) is 7.69. The number of carbonyl (C=O) groups is 2. The SMILES string of the molecule is CC(C)(C)c1cc2n(CC(=O)Nc3ccc(Cl)cn3)c3c(c(=O)n2n1)CN(C1CCC1)C3=O. The normalized spacial score (nSPS) is 16.2. The molecule has 4 heterocycles. The minimum absolute atomic E-state index is 0.141. The molecule has 172 valence electrons. The summed E-state index contributed by atoms with van der Waals surface area (Å²) in [5, 5.41) is 7.74. The van der Waals surface area contributed by atoms with Gasteiger partial charge in [0.15, 0.2) is 0 Å². The summed E-state index contributed by atoms with van der Waals surface area (Å²) in [7, 11) is 0. The molecule has 1 saturated carbocycles. The van der Waals surface area contributed by atoms with Gasteiger partial charge in [0.25, 0.3) is 11.5 Å². The van der Waals surface area contributed by atoms with Gasteiger partial charge in [0.2, 0.25) is 5.91 Å². The van der Waals surface area contributed by atoms with E-state index in [1.807, 2.05) is 20.8 Å². The molecule has 1 aliphatic carbocycles. The van der Waals surface area contributed by atoms with Crippen LogP contribution in [0.5, 0.6) is 0 Å². The standard InChI is InChI=1S/C23H25ClN6O3/c1-23(2,3)16-9-19-29(12-18(31)26-17-8-7-13(24)10-25-17)20-15(21(32)30(19)27-16)11-28(22(20)33)14-5-4-6-14/h7-10,14H,4-6,11-12H2,1-3H3,(H,25,26,31). The third-order valence-corrected chi connectivity index (χ3v) is 6.57. The highest BCUT2D eigenvalue weighted by atomic mass is 35.5. The Balaban J connectivity index is 1.60. The smallest absolute Gasteiger partial charge is 0.280 e. The van der Waals surface area contributed by atoms with Crippen molar-refractivity contribution in [3.8, 4) is 0 Å². The number of hydrogen-bond donors (Lipinski definition) is 1. The van der Waals surface area contributed by atoms with Crippen LogP contribution in [0.4, 0.5) is 5.82 Å². The van der Waals surface area contributed by atoms with Gasteiger partial charge in [0, 0.05) is 23.7 Å². The third kappa shape index (κ3) is 3.70. The molecular formula is C23H25ClN6O3. The van der Waals surface area contributed by atoms with Gasteiger partial charge in [-0.15, -0.1) is 0 Å². The number of carbonyl (C=O) groups excluding carboxylic acids is 2. The van der Waals surface area contributed by atoms with Gasteiger partial charge in [-0.25, -0.2) is 4.98 Å². The predicted octanol–water partition coefficient (Wildman–Crippen LogP) is 2.99. The van der Waals surface area contributed by atoms with Crippen LogP contribution in [0.25, 0.3) is 5.65 Å². The van der Waals surface area contributed by atoms with Gasteiger partial charge >= 0.3 is 0 Å². The van der Waals surface area contributed by atoms with E-state index < -0.39 is 0 Å². The lowest BCUT2D eigenvalue weighted by atomic mass is 9.92. The van der Waals surface area contributed by atoms with Crippen molar-refractivity contribution in [2.45, 2.75) is 64.6 Å². The van der Waals surface area contributed by atoms with E-state index in [9.17, 15) is 14.4 Å². The fraction of sp³-hybridized carbons (Fsp3) is 0.435. The highest BCUT2D eigenvalue weighted by Crippen LogP contribution is 2.33. The first-order valence-electron chi connectivity index (χ1n) is 11.0. The number of halogens is 1. The van der Waals surface area contributed by atoms with Crippen LogP contribution >= 0.6 is 11.6 Å². The van der Waals surface area contributed by atoms with Gasteiger partial charge < -0.3 is 14.8 Å². The number of anilines is 1. The van der Waals surface area contributed by atoms with Crippen molar-refractivity contribution in [2.75, 3.05) is 5.32 Å². The Hall–Kier alpha value is -3.20. The molecule has 1 aliphatic heterocycles. The van der Waals surface area contributed by atoms with Crippen LogP contribution in [-0.4, -0.2) is 41.9 Å². The lowest BCUT2D eigenvalue weighted by Gasteiger charge is -2.34. The molecule has 0 bridgehead atoms. The first-order valence-corrected chi connectivity index (χ1v) is 11.4. The van der Waals surface area contributed by atoms with Crippen LogP contribution in [0.3, 0.4) is 0 Å². The van der Waals surface area contributed by atoms with E-state index in [2.05, 4.69) is 15.4 Å². The summed E-state index contributed by atoms with van der Waals surface area (Å²) in [6, 6.07) is 5.16. The minimum Gasteiger partial charge on any atom is -0.330 e. The molecule has 0 aromatic carbocycles. The number of pyridine rings is 1. The van der Waals surface area contributed by atoms with Gasteiger partial charge in [-0.1, -0.05) is 32.4 Å². The van der Waals surface area contributed by atoms with Gasteiger partial charge in [0.05, 0.1) is 22.8 Å². The molecule has 0 saturated heterocycles. The topological polar surface area (TPSA) is 102 Å². The molecule has 9 nitrogen and oxygen atoms in total. The molecule has 33 heavy (non-hydrogen) atoms. The van der Waals surface area contributed by atoms with Crippen LogP contribution in [0.15, 0.2) is 29.2 Å². The van der Waals surface area contributed by atoms with E-state index in [4.69, 9.17) is 11.6 Å². The summed E-state index contributed by atoms with van der Waals surface area (Å²) in [6.07, 6.45) is 4.38. The van der Waals surface area contributed by atoms with Crippen LogP contribution in [-0.2, 0) is 23.3 Å². The molecular weight excluding hydrogens is 444 g/mol. The molecule has 3 aromatic rings. The Morgan fingerprint density at radius 2 is 2.00 bits per heavy atom. The maximum absolute atomic E-state index is 13.4. The van der Waals surface area contributed by atoms with Crippen LogP contribution in [0, 0.1) is 0 Å². The number of rotatable bonds is 4. The van der Waals surface area contributed by atoms with Crippen molar-refractivity contribution >= 4 is 34.9 Å². The zero-order valence-electron chi connectivity index (χ0n) is 18.8. The van der Waals surface area contributed by atoms with Gasteiger partial charge in [-0.3, -0.25) is 14.4 Å². The van der Waals surface area contributed by atoms with Crippen LogP contribution in [0.2, 0.25) is 5.02 Å². The van der Waals surface area contributed by atoms with E-state index in [-0.39, 0.29) is 47.6 Å². The average molecular weight is 469 g/mol. The molecule has 1 N–H and O–H groups in total. The Kier molecular flexibility index (Phi) is 5.04. The number of aromatic nitrogens is 4. The van der Waals surface area contributed by atoms with Gasteiger partial charge in [0.1, 0.15) is 23.7 Å². The fourth-order valence-electron chi connectivity index (χ4n) is 4.28. The molecule has 2 amide bonds. The van der Waals surface area contributed by atoms with Crippen molar-refractivity contribution in [1.82, 2.24) is 24.1 Å². The summed E-state index contributed by atoms with van der Waals surface area (Å²) in [5.41, 5.74) is 1.19. The molecule has 0 radical (unpaired) electrons. The second-order valence-electron chi connectivity index (χ2n) is 9.70. The van der Waals surface area contributed by atoms with Crippen LogP contribution < -0.4 is 10.9 Å². The Bertz CT molecular complexity index is 1330. The second-order valence-corrected chi connectivity index (χ2v) is 10.1. The predicted molar refractivity (Wildman–Crippen MR) is 124 cm³/mol. The molecule has 3 aromatic heterocycles. The van der Waals surface area contributed by atoms with E-state index in [1.165, 1.54) is 10.7 Å². The zero-order valence-corrected chi connectivity index (χ0v) is 19.5. The van der Waals surface area contributed by atoms with Crippen molar-refractivity contribution < 1.29 is 9.59 Å².